The van der Waals surface area contributed by atoms with Crippen LogP contribution >= 0.6 is 11.8 Å². The summed E-state index contributed by atoms with van der Waals surface area (Å²) < 4.78 is 5.46. The van der Waals surface area contributed by atoms with Crippen molar-refractivity contribution < 1.29 is 4.74 Å². The van der Waals surface area contributed by atoms with Crippen molar-refractivity contribution in [2.24, 2.45) is 4.99 Å². The summed E-state index contributed by atoms with van der Waals surface area (Å²) in [6.45, 7) is 5.52. The van der Waals surface area contributed by atoms with Crippen LogP contribution in [-0.2, 0) is 17.8 Å². The Kier molecular flexibility index (Phi) is 7.65. The molecule has 2 unspecified atom stereocenters. The molecule has 2 fully saturated rings. The predicted molar refractivity (Wildman–Crippen MR) is 111 cm³/mol. The number of nitrogens with one attached hydrogen (secondary N) is 2. The maximum atomic E-state index is 5.46. The number of aliphatic imine (C=N–C) groups is 1. The number of hydrogen-bond acceptors (Lipinski definition) is 4. The van der Waals surface area contributed by atoms with Crippen molar-refractivity contribution >= 4 is 17.7 Å². The van der Waals surface area contributed by atoms with Gasteiger partial charge in [0.1, 0.15) is 0 Å². The van der Waals surface area contributed by atoms with Crippen molar-refractivity contribution in [1.82, 2.24) is 15.5 Å². The Labute approximate surface area is 162 Å². The van der Waals surface area contributed by atoms with Crippen LogP contribution in [0.3, 0.4) is 0 Å². The fourth-order valence-electron chi connectivity index (χ4n) is 3.74. The van der Waals surface area contributed by atoms with Crippen LogP contribution in [-0.4, -0.2) is 61.8 Å². The molecule has 6 heteroatoms. The van der Waals surface area contributed by atoms with E-state index in [1.807, 2.05) is 18.8 Å². The van der Waals surface area contributed by atoms with Gasteiger partial charge in [0, 0.05) is 44.5 Å². The highest BCUT2D eigenvalue weighted by atomic mass is 32.2. The molecule has 144 valence electrons. The summed E-state index contributed by atoms with van der Waals surface area (Å²) in [5.41, 5.74) is 2.73. The molecule has 2 aliphatic rings. The Bertz CT molecular complexity index is 589. The maximum absolute atomic E-state index is 5.46. The summed E-state index contributed by atoms with van der Waals surface area (Å²) in [7, 11) is 1.86. The van der Waals surface area contributed by atoms with E-state index in [9.17, 15) is 0 Å². The number of rotatable bonds is 6. The van der Waals surface area contributed by atoms with Gasteiger partial charge in [0.15, 0.2) is 5.96 Å². The number of benzene rings is 1. The van der Waals surface area contributed by atoms with Crippen LogP contribution in [0.15, 0.2) is 29.3 Å². The lowest BCUT2D eigenvalue weighted by Gasteiger charge is -2.27. The zero-order chi connectivity index (χ0) is 18.2. The third kappa shape index (κ3) is 5.63. The largest absolute Gasteiger partial charge is 0.379 e. The van der Waals surface area contributed by atoms with Crippen LogP contribution in [0.4, 0.5) is 0 Å². The van der Waals surface area contributed by atoms with E-state index < -0.39 is 0 Å². The second-order valence-corrected chi connectivity index (χ2v) is 8.23. The molecule has 1 saturated carbocycles. The summed E-state index contributed by atoms with van der Waals surface area (Å²) >= 11 is 1.99. The minimum atomic E-state index is 0.544. The van der Waals surface area contributed by atoms with Crippen molar-refractivity contribution in [2.45, 2.75) is 43.6 Å². The molecule has 1 aromatic rings. The lowest BCUT2D eigenvalue weighted by atomic mass is 10.1. The summed E-state index contributed by atoms with van der Waals surface area (Å²) in [6.07, 6.45) is 5.99. The van der Waals surface area contributed by atoms with Crippen LogP contribution in [0.5, 0.6) is 0 Å². The first-order chi connectivity index (χ1) is 12.8. The topological polar surface area (TPSA) is 48.9 Å². The predicted octanol–water partition coefficient (Wildman–Crippen LogP) is 2.47. The lowest BCUT2D eigenvalue weighted by molar-refractivity contribution is 0.0341. The Morgan fingerprint density at radius 1 is 1.23 bits per heavy atom. The molecule has 2 atom stereocenters. The van der Waals surface area contributed by atoms with E-state index in [1.54, 1.807) is 0 Å². The van der Waals surface area contributed by atoms with E-state index in [-0.39, 0.29) is 0 Å². The van der Waals surface area contributed by atoms with Crippen molar-refractivity contribution in [3.8, 4) is 0 Å². The van der Waals surface area contributed by atoms with Crippen molar-refractivity contribution in [2.75, 3.05) is 39.6 Å². The second-order valence-electron chi connectivity index (χ2n) is 7.10. The van der Waals surface area contributed by atoms with Gasteiger partial charge < -0.3 is 15.4 Å². The first kappa shape index (κ1) is 19.5. The van der Waals surface area contributed by atoms with Crippen molar-refractivity contribution in [3.05, 3.63) is 35.4 Å². The van der Waals surface area contributed by atoms with E-state index >= 15 is 0 Å². The summed E-state index contributed by atoms with van der Waals surface area (Å²) in [4.78, 5) is 6.89. The van der Waals surface area contributed by atoms with Crippen LogP contribution < -0.4 is 10.6 Å². The van der Waals surface area contributed by atoms with Gasteiger partial charge in [0.2, 0.25) is 0 Å². The van der Waals surface area contributed by atoms with Gasteiger partial charge in [0.05, 0.1) is 13.2 Å². The summed E-state index contributed by atoms with van der Waals surface area (Å²) in [5.74, 6) is 0.915. The molecular weight excluding hydrogens is 344 g/mol. The molecular formula is C20H32N4OS. The van der Waals surface area contributed by atoms with Gasteiger partial charge in [-0.05, 0) is 36.6 Å². The molecule has 1 aromatic carbocycles. The SMILES string of the molecule is CN=C(NCc1ccccc1CN1CCOCC1)NC1CCC(SC)C1. The van der Waals surface area contributed by atoms with Crippen LogP contribution in [0, 0.1) is 0 Å². The van der Waals surface area contributed by atoms with Gasteiger partial charge in [-0.25, -0.2) is 0 Å². The number of morpholine rings is 1. The number of ether oxygens (including phenoxy) is 1. The molecule has 0 aromatic heterocycles. The lowest BCUT2D eigenvalue weighted by Crippen LogP contribution is -2.42. The first-order valence-electron chi connectivity index (χ1n) is 9.65. The van der Waals surface area contributed by atoms with E-state index in [0.29, 0.717) is 6.04 Å². The Balaban J connectivity index is 1.53. The fraction of sp³-hybridized carbons (Fsp3) is 0.650. The molecule has 0 spiro atoms. The quantitative estimate of drug-likeness (QED) is 0.590. The maximum Gasteiger partial charge on any atom is 0.191 e. The first-order valence-corrected chi connectivity index (χ1v) is 10.9. The molecule has 26 heavy (non-hydrogen) atoms. The van der Waals surface area contributed by atoms with Crippen LogP contribution in [0.25, 0.3) is 0 Å². The third-order valence-corrected chi connectivity index (χ3v) is 6.44. The second kappa shape index (κ2) is 10.2. The fourth-order valence-corrected chi connectivity index (χ4v) is 4.53. The van der Waals surface area contributed by atoms with E-state index in [2.05, 4.69) is 51.0 Å². The van der Waals surface area contributed by atoms with Crippen molar-refractivity contribution in [3.63, 3.8) is 0 Å². The van der Waals surface area contributed by atoms with Gasteiger partial charge in [-0.15, -0.1) is 0 Å². The van der Waals surface area contributed by atoms with E-state index in [0.717, 1.165) is 50.6 Å². The van der Waals surface area contributed by atoms with E-state index in [1.165, 1.54) is 30.4 Å². The minimum absolute atomic E-state index is 0.544. The zero-order valence-electron chi connectivity index (χ0n) is 16.0. The molecule has 1 heterocycles. The highest BCUT2D eigenvalue weighted by molar-refractivity contribution is 7.99. The van der Waals surface area contributed by atoms with Crippen molar-refractivity contribution in [1.29, 1.82) is 0 Å². The molecule has 0 amide bonds. The molecule has 2 N–H and O–H groups in total. The molecule has 3 rings (SSSR count). The standard InChI is InChI=1S/C20H32N4OS/c1-21-20(23-18-7-8-19(13-18)26-2)22-14-16-5-3-4-6-17(16)15-24-9-11-25-12-10-24/h3-6,18-19H,7-15H2,1-2H3,(H2,21,22,23). The molecule has 1 saturated heterocycles. The van der Waals surface area contributed by atoms with Crippen LogP contribution in [0.1, 0.15) is 30.4 Å². The zero-order valence-corrected chi connectivity index (χ0v) is 16.9. The minimum Gasteiger partial charge on any atom is -0.379 e. The van der Waals surface area contributed by atoms with Gasteiger partial charge >= 0.3 is 0 Å². The van der Waals surface area contributed by atoms with Gasteiger partial charge in [0.25, 0.3) is 0 Å². The number of hydrogen-bond donors (Lipinski definition) is 2. The summed E-state index contributed by atoms with van der Waals surface area (Å²) in [6, 6.07) is 9.25. The molecule has 0 radical (unpaired) electrons. The summed E-state index contributed by atoms with van der Waals surface area (Å²) in [5, 5.41) is 7.90. The average Bonchev–Trinajstić information content (AvgIpc) is 3.14. The smallest absolute Gasteiger partial charge is 0.191 e. The molecule has 1 aliphatic heterocycles. The van der Waals surface area contributed by atoms with Gasteiger partial charge in [-0.3, -0.25) is 9.89 Å². The molecule has 1 aliphatic carbocycles. The Morgan fingerprint density at radius 2 is 2.00 bits per heavy atom. The number of guanidine groups is 1. The molecule has 0 bridgehead atoms. The third-order valence-electron chi connectivity index (χ3n) is 5.34. The average molecular weight is 377 g/mol. The highest BCUT2D eigenvalue weighted by Crippen LogP contribution is 2.28. The Hall–Kier alpha value is -1.24. The van der Waals surface area contributed by atoms with Crippen LogP contribution in [0.2, 0.25) is 0 Å². The van der Waals surface area contributed by atoms with Gasteiger partial charge in [-0.2, -0.15) is 11.8 Å². The normalized spacial score (nSPS) is 24.6. The number of thioether (sulfide) groups is 1. The monoisotopic (exact) mass is 376 g/mol. The Morgan fingerprint density at radius 3 is 2.69 bits per heavy atom. The van der Waals surface area contributed by atoms with Gasteiger partial charge in [-0.1, -0.05) is 24.3 Å². The molecule has 5 nitrogen and oxygen atoms in total. The van der Waals surface area contributed by atoms with E-state index in [4.69, 9.17) is 4.74 Å². The highest BCUT2D eigenvalue weighted by Gasteiger charge is 2.24. The number of nitrogens with zero attached hydrogens (tertiary/aromatic N) is 2.